The van der Waals surface area contributed by atoms with Gasteiger partial charge >= 0.3 is 0 Å². The second kappa shape index (κ2) is 6.81. The Morgan fingerprint density at radius 3 is 2.90 bits per heavy atom. The summed E-state index contributed by atoms with van der Waals surface area (Å²) in [6.07, 6.45) is 3.94. The third-order valence-corrected chi connectivity index (χ3v) is 4.00. The first-order valence-corrected chi connectivity index (χ1v) is 7.11. The average Bonchev–Trinajstić information content (AvgIpc) is 2.53. The normalized spacial score (nSPS) is 17.7. The monoisotopic (exact) mass is 278 g/mol. The summed E-state index contributed by atoms with van der Waals surface area (Å²) in [6.45, 7) is 3.81. The lowest BCUT2D eigenvalue weighted by atomic mass is 9.81. The fourth-order valence-corrected chi connectivity index (χ4v) is 2.48. The number of ether oxygens (including phenoxy) is 1. The van der Waals surface area contributed by atoms with Gasteiger partial charge in [-0.15, -0.1) is 0 Å². The summed E-state index contributed by atoms with van der Waals surface area (Å²) in [7, 11) is 0. The SMILES string of the molecule is CCc1cccnc1C(=O)NCC1(CO)CCOCC1. The number of amides is 1. The first kappa shape index (κ1) is 14.9. The zero-order chi connectivity index (χ0) is 14.4. The number of aryl methyl sites for hydroxylation is 1. The van der Waals surface area contributed by atoms with E-state index in [9.17, 15) is 9.90 Å². The van der Waals surface area contributed by atoms with E-state index in [0.717, 1.165) is 24.8 Å². The van der Waals surface area contributed by atoms with Crippen molar-refractivity contribution in [3.05, 3.63) is 29.6 Å². The molecule has 5 heteroatoms. The van der Waals surface area contributed by atoms with E-state index >= 15 is 0 Å². The molecule has 0 radical (unpaired) electrons. The first-order chi connectivity index (χ1) is 9.71. The number of hydrogen-bond donors (Lipinski definition) is 2. The van der Waals surface area contributed by atoms with Crippen molar-refractivity contribution in [2.24, 2.45) is 5.41 Å². The minimum absolute atomic E-state index is 0.0689. The number of carbonyl (C=O) groups is 1. The van der Waals surface area contributed by atoms with Gasteiger partial charge in [0.25, 0.3) is 5.91 Å². The van der Waals surface area contributed by atoms with Crippen molar-refractivity contribution in [2.75, 3.05) is 26.4 Å². The maximum Gasteiger partial charge on any atom is 0.270 e. The summed E-state index contributed by atoms with van der Waals surface area (Å²) in [5.41, 5.74) is 1.17. The minimum atomic E-state index is -0.255. The molecule has 2 rings (SSSR count). The highest BCUT2D eigenvalue weighted by molar-refractivity contribution is 5.93. The number of rotatable bonds is 5. The van der Waals surface area contributed by atoms with Crippen molar-refractivity contribution < 1.29 is 14.6 Å². The summed E-state index contributed by atoms with van der Waals surface area (Å²) >= 11 is 0. The van der Waals surface area contributed by atoms with Gasteiger partial charge in [-0.05, 0) is 30.9 Å². The van der Waals surface area contributed by atoms with Crippen LogP contribution in [0, 0.1) is 5.41 Å². The van der Waals surface area contributed by atoms with Crippen LogP contribution < -0.4 is 5.32 Å². The molecule has 0 bridgehead atoms. The number of hydrogen-bond acceptors (Lipinski definition) is 4. The summed E-state index contributed by atoms with van der Waals surface area (Å²) in [6, 6.07) is 3.75. The van der Waals surface area contributed by atoms with Gasteiger partial charge in [0.2, 0.25) is 0 Å². The van der Waals surface area contributed by atoms with Crippen LogP contribution in [0.1, 0.15) is 35.8 Å². The van der Waals surface area contributed by atoms with Gasteiger partial charge in [-0.3, -0.25) is 9.78 Å². The summed E-state index contributed by atoms with van der Waals surface area (Å²) in [5.74, 6) is -0.165. The number of nitrogens with zero attached hydrogens (tertiary/aromatic N) is 1. The largest absolute Gasteiger partial charge is 0.396 e. The topological polar surface area (TPSA) is 71.5 Å². The van der Waals surface area contributed by atoms with Crippen LogP contribution in [0.3, 0.4) is 0 Å². The molecule has 1 amide bonds. The van der Waals surface area contributed by atoms with Gasteiger partial charge in [-0.2, -0.15) is 0 Å². The molecule has 20 heavy (non-hydrogen) atoms. The molecule has 1 aromatic heterocycles. The van der Waals surface area contributed by atoms with Crippen LogP contribution in [0.5, 0.6) is 0 Å². The molecule has 0 aliphatic carbocycles. The standard InChI is InChI=1S/C15H22N2O3/c1-2-12-4-3-7-16-13(12)14(19)17-10-15(11-18)5-8-20-9-6-15/h3-4,7,18H,2,5-6,8-11H2,1H3,(H,17,19). The quantitative estimate of drug-likeness (QED) is 0.848. The van der Waals surface area contributed by atoms with Gasteiger partial charge in [0.15, 0.2) is 0 Å². The van der Waals surface area contributed by atoms with Crippen LogP contribution in [0.4, 0.5) is 0 Å². The Labute approximate surface area is 119 Å². The minimum Gasteiger partial charge on any atom is -0.396 e. The molecule has 0 atom stereocenters. The molecule has 1 saturated heterocycles. The molecule has 5 nitrogen and oxygen atoms in total. The second-order valence-corrected chi connectivity index (χ2v) is 5.32. The molecule has 0 saturated carbocycles. The van der Waals surface area contributed by atoms with E-state index in [1.54, 1.807) is 6.20 Å². The number of pyridine rings is 1. The van der Waals surface area contributed by atoms with E-state index in [4.69, 9.17) is 4.74 Å². The van der Waals surface area contributed by atoms with Crippen molar-refractivity contribution in [2.45, 2.75) is 26.2 Å². The summed E-state index contributed by atoms with van der Waals surface area (Å²) in [5, 5.41) is 12.5. The molecular weight excluding hydrogens is 256 g/mol. The molecule has 110 valence electrons. The lowest BCUT2D eigenvalue weighted by molar-refractivity contribution is -0.0146. The molecule has 0 unspecified atom stereocenters. The summed E-state index contributed by atoms with van der Waals surface area (Å²) in [4.78, 5) is 16.4. The number of aliphatic hydroxyl groups excluding tert-OH is 1. The molecule has 2 heterocycles. The lowest BCUT2D eigenvalue weighted by Gasteiger charge is -2.35. The highest BCUT2D eigenvalue weighted by Gasteiger charge is 2.32. The Balaban J connectivity index is 2.00. The Morgan fingerprint density at radius 2 is 2.25 bits per heavy atom. The van der Waals surface area contributed by atoms with Crippen LogP contribution in [-0.2, 0) is 11.2 Å². The van der Waals surface area contributed by atoms with Crippen molar-refractivity contribution in [1.82, 2.24) is 10.3 Å². The number of carbonyl (C=O) groups excluding carboxylic acids is 1. The smallest absolute Gasteiger partial charge is 0.270 e. The van der Waals surface area contributed by atoms with Crippen molar-refractivity contribution in [1.29, 1.82) is 0 Å². The fourth-order valence-electron chi connectivity index (χ4n) is 2.48. The Kier molecular flexibility index (Phi) is 5.09. The maximum absolute atomic E-state index is 12.2. The van der Waals surface area contributed by atoms with E-state index in [1.807, 2.05) is 19.1 Å². The zero-order valence-electron chi connectivity index (χ0n) is 11.9. The predicted molar refractivity (Wildman–Crippen MR) is 75.5 cm³/mol. The van der Waals surface area contributed by atoms with Gasteiger partial charge in [0.1, 0.15) is 5.69 Å². The van der Waals surface area contributed by atoms with E-state index in [1.165, 1.54) is 0 Å². The lowest BCUT2D eigenvalue weighted by Crippen LogP contribution is -2.44. The molecule has 2 N–H and O–H groups in total. The van der Waals surface area contributed by atoms with Gasteiger partial charge in [-0.1, -0.05) is 13.0 Å². The fraction of sp³-hybridized carbons (Fsp3) is 0.600. The second-order valence-electron chi connectivity index (χ2n) is 5.32. The Morgan fingerprint density at radius 1 is 1.50 bits per heavy atom. The van der Waals surface area contributed by atoms with Gasteiger partial charge < -0.3 is 15.2 Å². The Bertz CT molecular complexity index is 456. The van der Waals surface area contributed by atoms with Crippen LogP contribution in [0.15, 0.2) is 18.3 Å². The third kappa shape index (κ3) is 3.35. The van der Waals surface area contributed by atoms with Crippen LogP contribution in [0.25, 0.3) is 0 Å². The molecule has 0 spiro atoms. The van der Waals surface area contributed by atoms with Crippen molar-refractivity contribution in [3.63, 3.8) is 0 Å². The van der Waals surface area contributed by atoms with Crippen LogP contribution in [-0.4, -0.2) is 42.4 Å². The van der Waals surface area contributed by atoms with Gasteiger partial charge in [0, 0.05) is 31.4 Å². The van der Waals surface area contributed by atoms with E-state index in [-0.39, 0.29) is 17.9 Å². The average molecular weight is 278 g/mol. The van der Waals surface area contributed by atoms with Crippen LogP contribution in [0.2, 0.25) is 0 Å². The zero-order valence-corrected chi connectivity index (χ0v) is 11.9. The molecule has 1 fully saturated rings. The highest BCUT2D eigenvalue weighted by Crippen LogP contribution is 2.29. The predicted octanol–water partition coefficient (Wildman–Crippen LogP) is 1.16. The number of nitrogens with one attached hydrogen (secondary N) is 1. The van der Waals surface area contributed by atoms with E-state index in [0.29, 0.717) is 25.5 Å². The highest BCUT2D eigenvalue weighted by atomic mass is 16.5. The molecule has 1 aliphatic rings. The van der Waals surface area contributed by atoms with Crippen molar-refractivity contribution in [3.8, 4) is 0 Å². The third-order valence-electron chi connectivity index (χ3n) is 4.00. The Hall–Kier alpha value is -1.46. The van der Waals surface area contributed by atoms with E-state index in [2.05, 4.69) is 10.3 Å². The number of aliphatic hydroxyl groups is 1. The first-order valence-electron chi connectivity index (χ1n) is 7.11. The van der Waals surface area contributed by atoms with Crippen molar-refractivity contribution >= 4 is 5.91 Å². The number of aromatic nitrogens is 1. The maximum atomic E-state index is 12.2. The van der Waals surface area contributed by atoms with Gasteiger partial charge in [-0.25, -0.2) is 0 Å². The van der Waals surface area contributed by atoms with Crippen LogP contribution >= 0.6 is 0 Å². The summed E-state index contributed by atoms with van der Waals surface area (Å²) < 4.78 is 5.32. The molecule has 1 aromatic rings. The molecule has 1 aliphatic heterocycles. The molecular formula is C15H22N2O3. The molecule has 0 aromatic carbocycles. The van der Waals surface area contributed by atoms with Gasteiger partial charge in [0.05, 0.1) is 6.61 Å². The van der Waals surface area contributed by atoms with E-state index < -0.39 is 0 Å².